The Morgan fingerprint density at radius 1 is 0.273 bits per heavy atom. The van der Waals surface area contributed by atoms with Gasteiger partial charge in [-0.15, -0.1) is 0 Å². The number of hydrogen-bond donors (Lipinski definition) is 0. The molecule has 0 spiro atoms. The molecule has 0 atom stereocenters. The first-order valence-corrected chi connectivity index (χ1v) is 22.7. The third kappa shape index (κ3) is 6.11. The molecule has 0 bridgehead atoms. The molecule has 1 heterocycles. The van der Waals surface area contributed by atoms with Crippen LogP contribution in [0, 0.1) is 0 Å². The van der Waals surface area contributed by atoms with E-state index in [1.807, 2.05) is 0 Å². The van der Waals surface area contributed by atoms with E-state index in [1.54, 1.807) is 0 Å². The van der Waals surface area contributed by atoms with E-state index in [4.69, 9.17) is 4.42 Å². The number of anilines is 3. The molecule has 1 aromatic heterocycles. The number of furan rings is 1. The van der Waals surface area contributed by atoms with E-state index < -0.39 is 0 Å². The monoisotopic (exact) mass is 839 g/mol. The van der Waals surface area contributed by atoms with Crippen LogP contribution in [-0.4, -0.2) is 0 Å². The third-order valence-electron chi connectivity index (χ3n) is 13.4. The van der Waals surface area contributed by atoms with Crippen LogP contribution in [-0.2, 0) is 0 Å². The molecule has 0 unspecified atom stereocenters. The van der Waals surface area contributed by atoms with E-state index in [9.17, 15) is 0 Å². The van der Waals surface area contributed by atoms with Crippen molar-refractivity contribution in [1.29, 1.82) is 0 Å². The van der Waals surface area contributed by atoms with Gasteiger partial charge in [0.1, 0.15) is 11.2 Å². The number of hydrogen-bond acceptors (Lipinski definition) is 2. The summed E-state index contributed by atoms with van der Waals surface area (Å²) in [4.78, 5) is 2.47. The Kier molecular flexibility index (Phi) is 8.89. The zero-order valence-electron chi connectivity index (χ0n) is 36.0. The number of fused-ring (bicyclic) bond motifs is 9. The molecule has 0 saturated carbocycles. The van der Waals surface area contributed by atoms with Gasteiger partial charge in [0, 0.05) is 22.2 Å². The van der Waals surface area contributed by atoms with Crippen molar-refractivity contribution in [3.8, 4) is 44.5 Å². The molecule has 0 amide bonds. The van der Waals surface area contributed by atoms with Crippen LogP contribution in [0.4, 0.5) is 17.1 Å². The van der Waals surface area contributed by atoms with Crippen LogP contribution < -0.4 is 4.90 Å². The van der Waals surface area contributed by atoms with Gasteiger partial charge in [-0.2, -0.15) is 0 Å². The van der Waals surface area contributed by atoms with Crippen LogP contribution in [0.2, 0.25) is 0 Å². The van der Waals surface area contributed by atoms with Gasteiger partial charge in [0.15, 0.2) is 0 Å². The lowest BCUT2D eigenvalue weighted by Gasteiger charge is -2.30. The van der Waals surface area contributed by atoms with Gasteiger partial charge in [-0.3, -0.25) is 0 Å². The van der Waals surface area contributed by atoms with Crippen molar-refractivity contribution in [3.05, 3.63) is 249 Å². The van der Waals surface area contributed by atoms with Gasteiger partial charge >= 0.3 is 0 Å². The molecule has 308 valence electrons. The smallest absolute Gasteiger partial charge is 0.145 e. The SMILES string of the molecule is c1ccc(-c2ccccc2-c2cccc(N(c3ccccc3-c3cc4ccccc4c4ccccc34)c3ccc(-c4cc5ccccc5c5ccccc45)c4oc5ccccc5c34)c2)cc1. The summed E-state index contributed by atoms with van der Waals surface area (Å²) in [6.07, 6.45) is 0. The highest BCUT2D eigenvalue weighted by atomic mass is 16.3. The van der Waals surface area contributed by atoms with E-state index in [2.05, 4.69) is 254 Å². The number of para-hydroxylation sites is 2. The summed E-state index contributed by atoms with van der Waals surface area (Å²) in [7, 11) is 0. The number of nitrogens with zero attached hydrogens (tertiary/aromatic N) is 1. The summed E-state index contributed by atoms with van der Waals surface area (Å²) in [5.41, 5.74) is 14.1. The number of rotatable bonds is 7. The van der Waals surface area contributed by atoms with Crippen molar-refractivity contribution >= 4 is 82.1 Å². The molecule has 2 heteroatoms. The van der Waals surface area contributed by atoms with Crippen LogP contribution in [0.3, 0.4) is 0 Å². The van der Waals surface area contributed by atoms with E-state index in [-0.39, 0.29) is 0 Å². The van der Waals surface area contributed by atoms with Gasteiger partial charge in [-0.1, -0.05) is 200 Å². The first-order chi connectivity index (χ1) is 32.8. The molecular weight excluding hydrogens is 799 g/mol. The van der Waals surface area contributed by atoms with Gasteiger partial charge in [-0.05, 0) is 125 Å². The second kappa shape index (κ2) is 15.5. The maximum absolute atomic E-state index is 7.11. The molecule has 0 radical (unpaired) electrons. The fourth-order valence-electron chi connectivity index (χ4n) is 10.5. The van der Waals surface area contributed by atoms with Crippen molar-refractivity contribution in [2.45, 2.75) is 0 Å². The van der Waals surface area contributed by atoms with Crippen molar-refractivity contribution in [1.82, 2.24) is 0 Å². The highest BCUT2D eigenvalue weighted by Crippen LogP contribution is 2.51. The Hall–Kier alpha value is -8.72. The lowest BCUT2D eigenvalue weighted by molar-refractivity contribution is 0.670. The highest BCUT2D eigenvalue weighted by molar-refractivity contribution is 6.22. The highest BCUT2D eigenvalue weighted by Gasteiger charge is 2.26. The van der Waals surface area contributed by atoms with E-state index in [0.29, 0.717) is 0 Å². The number of benzene rings is 12. The molecular formula is C64H41NO. The second-order valence-electron chi connectivity index (χ2n) is 17.1. The molecule has 0 aliphatic carbocycles. The first kappa shape index (κ1) is 37.8. The summed E-state index contributed by atoms with van der Waals surface area (Å²) in [5.74, 6) is 0. The first-order valence-electron chi connectivity index (χ1n) is 22.7. The maximum Gasteiger partial charge on any atom is 0.145 e. The van der Waals surface area contributed by atoms with E-state index >= 15 is 0 Å². The molecule has 2 nitrogen and oxygen atoms in total. The van der Waals surface area contributed by atoms with Crippen LogP contribution in [0.15, 0.2) is 253 Å². The Morgan fingerprint density at radius 2 is 0.773 bits per heavy atom. The lowest BCUT2D eigenvalue weighted by atomic mass is 9.91. The normalized spacial score (nSPS) is 11.6. The van der Waals surface area contributed by atoms with Crippen LogP contribution in [0.25, 0.3) is 110 Å². The van der Waals surface area contributed by atoms with Crippen LogP contribution in [0.1, 0.15) is 0 Å². The molecule has 13 rings (SSSR count). The summed E-state index contributed by atoms with van der Waals surface area (Å²) in [6, 6.07) is 90.2. The van der Waals surface area contributed by atoms with E-state index in [0.717, 1.165) is 61.3 Å². The molecule has 12 aromatic carbocycles. The van der Waals surface area contributed by atoms with Crippen molar-refractivity contribution in [2.24, 2.45) is 0 Å². The summed E-state index contributed by atoms with van der Waals surface area (Å²) >= 11 is 0. The summed E-state index contributed by atoms with van der Waals surface area (Å²) in [6.45, 7) is 0. The van der Waals surface area contributed by atoms with Gasteiger partial charge in [0.2, 0.25) is 0 Å². The Bertz CT molecular complexity index is 4010. The van der Waals surface area contributed by atoms with Gasteiger partial charge in [0.25, 0.3) is 0 Å². The fraction of sp³-hybridized carbons (Fsp3) is 0. The Morgan fingerprint density at radius 3 is 1.45 bits per heavy atom. The molecule has 0 aliphatic rings. The summed E-state index contributed by atoms with van der Waals surface area (Å²) < 4.78 is 7.11. The maximum atomic E-state index is 7.11. The zero-order valence-corrected chi connectivity index (χ0v) is 36.0. The predicted molar refractivity (Wildman–Crippen MR) is 280 cm³/mol. The topological polar surface area (TPSA) is 16.4 Å². The zero-order chi connectivity index (χ0) is 43.6. The molecule has 66 heavy (non-hydrogen) atoms. The average molecular weight is 840 g/mol. The van der Waals surface area contributed by atoms with Gasteiger partial charge in [0.05, 0.1) is 16.8 Å². The minimum absolute atomic E-state index is 0.852. The van der Waals surface area contributed by atoms with Crippen molar-refractivity contribution < 1.29 is 4.42 Å². The molecule has 0 fully saturated rings. The van der Waals surface area contributed by atoms with Crippen molar-refractivity contribution in [2.75, 3.05) is 4.90 Å². The Labute approximate surface area is 382 Å². The fourth-order valence-corrected chi connectivity index (χ4v) is 10.5. The quantitative estimate of drug-likeness (QED) is 0.149. The van der Waals surface area contributed by atoms with Gasteiger partial charge in [-0.25, -0.2) is 0 Å². The molecule has 13 aromatic rings. The minimum Gasteiger partial charge on any atom is -0.455 e. The molecule has 0 N–H and O–H groups in total. The second-order valence-corrected chi connectivity index (χ2v) is 17.1. The molecule has 0 aliphatic heterocycles. The van der Waals surface area contributed by atoms with Crippen molar-refractivity contribution in [3.63, 3.8) is 0 Å². The third-order valence-corrected chi connectivity index (χ3v) is 13.4. The summed E-state index contributed by atoms with van der Waals surface area (Å²) in [5, 5.41) is 11.9. The standard InChI is InChI=1S/C64H41NO/c1-2-19-42(20-3-1)47-25-8-9-26-48(47)43-23-18-24-46(39-43)65(60-35-16-14-33-55(60)58-40-44-21-4-6-27-49(44)51-29-10-12-31-53(51)58)61-38-37-56(64-63(61)57-34-15-17-36-62(57)66-64)59-41-45-22-5-7-28-50(45)52-30-11-13-32-54(52)59/h1-41H. The van der Waals surface area contributed by atoms with Crippen LogP contribution >= 0.6 is 0 Å². The van der Waals surface area contributed by atoms with E-state index in [1.165, 1.54) is 65.3 Å². The Balaban J connectivity index is 1.12. The largest absolute Gasteiger partial charge is 0.455 e. The van der Waals surface area contributed by atoms with Crippen LogP contribution in [0.5, 0.6) is 0 Å². The predicted octanol–water partition coefficient (Wildman–Crippen LogP) is 18.3. The minimum atomic E-state index is 0.852. The molecule has 0 saturated heterocycles. The van der Waals surface area contributed by atoms with Gasteiger partial charge < -0.3 is 9.32 Å². The lowest BCUT2D eigenvalue weighted by Crippen LogP contribution is -2.12. The average Bonchev–Trinajstić information content (AvgIpc) is 3.79.